The number of sulfonamides is 1. The van der Waals surface area contributed by atoms with Crippen molar-refractivity contribution in [2.75, 3.05) is 19.8 Å². The number of ether oxygens (including phenoxy) is 1. The number of hydrogen-bond acceptors (Lipinski definition) is 4. The third kappa shape index (κ3) is 8.38. The van der Waals surface area contributed by atoms with Crippen molar-refractivity contribution >= 4 is 22.4 Å². The third-order valence-electron chi connectivity index (χ3n) is 6.59. The topological polar surface area (TPSA) is 67.4 Å². The summed E-state index contributed by atoms with van der Waals surface area (Å²) in [4.78, 5) is 0.249. The van der Waals surface area contributed by atoms with E-state index in [1.807, 2.05) is 79.7 Å². The molecule has 3 aromatic carbocycles. The normalized spacial score (nSPS) is 15.1. The molecular formula is C31H37ClN2O3S. The molecule has 0 amide bonds. The van der Waals surface area contributed by atoms with Crippen LogP contribution >= 0.6 is 12.4 Å². The summed E-state index contributed by atoms with van der Waals surface area (Å²) in [5.41, 5.74) is 5.60. The number of halogens is 1. The highest BCUT2D eigenvalue weighted by atomic mass is 35.5. The zero-order chi connectivity index (χ0) is 26.1. The van der Waals surface area contributed by atoms with Crippen molar-refractivity contribution in [3.8, 4) is 0 Å². The quantitative estimate of drug-likeness (QED) is 0.200. The summed E-state index contributed by atoms with van der Waals surface area (Å²) in [7, 11) is -3.77. The Hall–Kier alpha value is -2.74. The molecule has 2 N–H and O–H groups in total. The van der Waals surface area contributed by atoms with Crippen LogP contribution in [0.2, 0.25) is 0 Å². The molecule has 0 aromatic heterocycles. The molecule has 2 atom stereocenters. The Kier molecular flexibility index (Phi) is 11.3. The lowest BCUT2D eigenvalue weighted by atomic mass is 9.94. The molecule has 0 aliphatic heterocycles. The summed E-state index contributed by atoms with van der Waals surface area (Å²) in [6.45, 7) is 5.81. The molecule has 3 aromatic rings. The van der Waals surface area contributed by atoms with Crippen molar-refractivity contribution in [2.24, 2.45) is 0 Å². The number of benzene rings is 3. The number of hydrogen-bond donors (Lipinski definition) is 2. The minimum Gasteiger partial charge on any atom is -0.376 e. The van der Waals surface area contributed by atoms with Gasteiger partial charge in [-0.25, -0.2) is 13.1 Å². The Morgan fingerprint density at radius 1 is 0.789 bits per heavy atom. The van der Waals surface area contributed by atoms with Gasteiger partial charge in [0.15, 0.2) is 0 Å². The van der Waals surface area contributed by atoms with Gasteiger partial charge in [0.25, 0.3) is 0 Å². The first kappa shape index (κ1) is 29.8. The summed E-state index contributed by atoms with van der Waals surface area (Å²) >= 11 is 0. The fourth-order valence-electron chi connectivity index (χ4n) is 4.42. The van der Waals surface area contributed by atoms with Crippen LogP contribution in [0.25, 0.3) is 0 Å². The molecular weight excluding hydrogens is 516 g/mol. The molecule has 5 nitrogen and oxygen atoms in total. The van der Waals surface area contributed by atoms with Gasteiger partial charge in [0, 0.05) is 6.54 Å². The molecule has 0 bridgehead atoms. The van der Waals surface area contributed by atoms with E-state index >= 15 is 0 Å². The SMILES string of the molecule is CC1=CCC(COCCN[C@@H](c2ccccc2)[C@H](NS(=O)(=O)c2ccc(C)cc2)c2ccccc2)=CC1.Cl. The number of aryl methyl sites for hydroxylation is 1. The van der Waals surface area contributed by atoms with Crippen molar-refractivity contribution < 1.29 is 13.2 Å². The highest BCUT2D eigenvalue weighted by Crippen LogP contribution is 2.31. The van der Waals surface area contributed by atoms with Crippen LogP contribution in [0.4, 0.5) is 0 Å². The second-order valence-corrected chi connectivity index (χ2v) is 11.3. The van der Waals surface area contributed by atoms with Gasteiger partial charge in [0.2, 0.25) is 10.0 Å². The zero-order valence-corrected chi connectivity index (χ0v) is 23.6. The lowest BCUT2D eigenvalue weighted by molar-refractivity contribution is 0.152. The number of allylic oxidation sites excluding steroid dienone is 3. The van der Waals surface area contributed by atoms with Crippen LogP contribution in [0.15, 0.2) is 113 Å². The van der Waals surface area contributed by atoms with Crippen molar-refractivity contribution in [1.82, 2.24) is 10.0 Å². The van der Waals surface area contributed by atoms with Crippen LogP contribution < -0.4 is 10.0 Å². The maximum atomic E-state index is 13.5. The maximum Gasteiger partial charge on any atom is 0.241 e. The maximum absolute atomic E-state index is 13.5. The van der Waals surface area contributed by atoms with Crippen LogP contribution in [0.5, 0.6) is 0 Å². The van der Waals surface area contributed by atoms with Crippen LogP contribution in [0.1, 0.15) is 48.5 Å². The van der Waals surface area contributed by atoms with Crippen LogP contribution in [0, 0.1) is 6.92 Å². The molecule has 0 radical (unpaired) electrons. The van der Waals surface area contributed by atoms with E-state index in [1.54, 1.807) is 12.1 Å². The van der Waals surface area contributed by atoms with Gasteiger partial charge in [-0.2, -0.15) is 0 Å². The lowest BCUT2D eigenvalue weighted by Crippen LogP contribution is -2.39. The zero-order valence-electron chi connectivity index (χ0n) is 22.0. The molecule has 0 spiro atoms. The van der Waals surface area contributed by atoms with Crippen LogP contribution in [-0.4, -0.2) is 28.2 Å². The summed E-state index contributed by atoms with van der Waals surface area (Å²) in [6.07, 6.45) is 6.45. The van der Waals surface area contributed by atoms with Gasteiger partial charge in [-0.3, -0.25) is 0 Å². The van der Waals surface area contributed by atoms with Gasteiger partial charge in [0.05, 0.1) is 30.2 Å². The molecule has 38 heavy (non-hydrogen) atoms. The largest absolute Gasteiger partial charge is 0.376 e. The first-order chi connectivity index (χ1) is 17.9. The summed E-state index contributed by atoms with van der Waals surface area (Å²) in [5.74, 6) is 0. The van der Waals surface area contributed by atoms with E-state index in [-0.39, 0.29) is 23.3 Å². The van der Waals surface area contributed by atoms with Gasteiger partial charge in [-0.05, 0) is 55.5 Å². The predicted molar refractivity (Wildman–Crippen MR) is 157 cm³/mol. The molecule has 0 saturated heterocycles. The highest BCUT2D eigenvalue weighted by Gasteiger charge is 2.29. The molecule has 0 heterocycles. The van der Waals surface area contributed by atoms with Crippen molar-refractivity contribution in [1.29, 1.82) is 0 Å². The van der Waals surface area contributed by atoms with E-state index in [9.17, 15) is 8.42 Å². The van der Waals surface area contributed by atoms with Gasteiger partial charge in [-0.1, -0.05) is 96.1 Å². The average molecular weight is 553 g/mol. The standard InChI is InChI=1S/C31H36N2O3S.ClH/c1-24-13-17-26(18-14-24)23-36-22-21-32-30(27-9-5-3-6-10-27)31(28-11-7-4-8-12-28)33-37(34,35)29-19-15-25(2)16-20-29;/h3-13,15-16,18-20,30-33H,14,17,21-23H2,1-2H3;1H/t30-,31+;/m0./s1. The van der Waals surface area contributed by atoms with Gasteiger partial charge >= 0.3 is 0 Å². The summed E-state index contributed by atoms with van der Waals surface area (Å²) in [5, 5.41) is 3.58. The van der Waals surface area contributed by atoms with Crippen LogP contribution in [-0.2, 0) is 14.8 Å². The Balaban J connectivity index is 0.00000400. The molecule has 1 aliphatic rings. The van der Waals surface area contributed by atoms with Crippen molar-refractivity contribution in [2.45, 2.75) is 43.7 Å². The minimum absolute atomic E-state index is 0. The highest BCUT2D eigenvalue weighted by molar-refractivity contribution is 7.89. The van der Waals surface area contributed by atoms with Crippen LogP contribution in [0.3, 0.4) is 0 Å². The molecule has 202 valence electrons. The first-order valence-electron chi connectivity index (χ1n) is 12.8. The van der Waals surface area contributed by atoms with Crippen molar-refractivity contribution in [3.05, 3.63) is 125 Å². The smallest absolute Gasteiger partial charge is 0.241 e. The van der Waals surface area contributed by atoms with E-state index in [0.717, 1.165) is 29.5 Å². The summed E-state index contributed by atoms with van der Waals surface area (Å²) < 4.78 is 35.9. The predicted octanol–water partition coefficient (Wildman–Crippen LogP) is 6.45. The molecule has 0 unspecified atom stereocenters. The Bertz CT molecular complexity index is 1310. The van der Waals surface area contributed by atoms with E-state index in [2.05, 4.69) is 29.1 Å². The van der Waals surface area contributed by atoms with E-state index in [0.29, 0.717) is 19.8 Å². The Morgan fingerprint density at radius 3 is 1.97 bits per heavy atom. The molecule has 0 saturated carbocycles. The van der Waals surface area contributed by atoms with Crippen molar-refractivity contribution in [3.63, 3.8) is 0 Å². The van der Waals surface area contributed by atoms with E-state index < -0.39 is 16.1 Å². The Morgan fingerprint density at radius 2 is 1.39 bits per heavy atom. The summed E-state index contributed by atoms with van der Waals surface area (Å²) in [6, 6.07) is 25.8. The fourth-order valence-corrected chi connectivity index (χ4v) is 5.65. The molecule has 7 heteroatoms. The second kappa shape index (κ2) is 14.4. The Labute approximate surface area is 233 Å². The van der Waals surface area contributed by atoms with Gasteiger partial charge in [-0.15, -0.1) is 12.4 Å². The number of rotatable bonds is 12. The lowest BCUT2D eigenvalue weighted by Gasteiger charge is -2.30. The molecule has 1 aliphatic carbocycles. The average Bonchev–Trinajstić information content (AvgIpc) is 2.92. The fraction of sp³-hybridized carbons (Fsp3) is 0.290. The second-order valence-electron chi connectivity index (χ2n) is 9.54. The molecule has 4 rings (SSSR count). The number of nitrogens with one attached hydrogen (secondary N) is 2. The van der Waals surface area contributed by atoms with Gasteiger partial charge < -0.3 is 10.1 Å². The van der Waals surface area contributed by atoms with E-state index in [4.69, 9.17) is 4.74 Å². The molecule has 0 fully saturated rings. The first-order valence-corrected chi connectivity index (χ1v) is 14.2. The van der Waals surface area contributed by atoms with E-state index in [1.165, 1.54) is 11.1 Å². The third-order valence-corrected chi connectivity index (χ3v) is 8.04. The monoisotopic (exact) mass is 552 g/mol. The minimum atomic E-state index is -3.77. The van der Waals surface area contributed by atoms with Gasteiger partial charge in [0.1, 0.15) is 0 Å².